The van der Waals surface area contributed by atoms with Gasteiger partial charge < -0.3 is 14.7 Å². The second kappa shape index (κ2) is 9.65. The lowest BCUT2D eigenvalue weighted by Gasteiger charge is -2.53. The fourth-order valence-corrected chi connectivity index (χ4v) is 7.29. The predicted octanol–water partition coefficient (Wildman–Crippen LogP) is 4.79. The van der Waals surface area contributed by atoms with E-state index in [4.69, 9.17) is 9.72 Å². The molecule has 6 nitrogen and oxygen atoms in total. The minimum atomic E-state index is -0.537. The number of fused-ring (bicyclic) bond motifs is 2. The number of ether oxygens (including phenoxy) is 1. The van der Waals surface area contributed by atoms with Crippen LogP contribution < -0.4 is 0 Å². The van der Waals surface area contributed by atoms with Crippen LogP contribution in [0.5, 0.6) is 0 Å². The van der Waals surface area contributed by atoms with Crippen molar-refractivity contribution in [3.8, 4) is 0 Å². The number of esters is 1. The number of thiazole rings is 1. The number of carbonyl (C=O) groups excluding carboxylic acids is 2. The molecule has 33 heavy (non-hydrogen) atoms. The first kappa shape index (κ1) is 26.1. The molecule has 6 atom stereocenters. The number of aliphatic hydroxyl groups is 1. The highest BCUT2D eigenvalue weighted by Crippen LogP contribution is 2.57. The third kappa shape index (κ3) is 5.00. The summed E-state index contributed by atoms with van der Waals surface area (Å²) < 4.78 is 5.51. The molecule has 0 bridgehead atoms. The van der Waals surface area contributed by atoms with Gasteiger partial charge in [-0.3, -0.25) is 9.59 Å². The summed E-state index contributed by atoms with van der Waals surface area (Å²) in [6, 6.07) is 0. The molecule has 1 fully saturated rings. The normalized spacial score (nSPS) is 30.2. The maximum absolute atomic E-state index is 13.0. The zero-order valence-corrected chi connectivity index (χ0v) is 22.4. The van der Waals surface area contributed by atoms with E-state index in [0.717, 1.165) is 30.0 Å². The summed E-state index contributed by atoms with van der Waals surface area (Å²) in [6.45, 7) is 17.6. The van der Waals surface area contributed by atoms with E-state index in [0.29, 0.717) is 13.1 Å². The quantitative estimate of drug-likeness (QED) is 0.595. The Morgan fingerprint density at radius 3 is 2.52 bits per heavy atom. The largest absolute Gasteiger partial charge is 0.458 e. The summed E-state index contributed by atoms with van der Waals surface area (Å²) in [4.78, 5) is 33.2. The second-order valence-electron chi connectivity index (χ2n) is 11.4. The van der Waals surface area contributed by atoms with Crippen LogP contribution in [0.1, 0.15) is 89.7 Å². The Hall–Kier alpha value is -1.47. The van der Waals surface area contributed by atoms with Crippen molar-refractivity contribution < 1.29 is 19.4 Å². The van der Waals surface area contributed by atoms with Crippen molar-refractivity contribution in [3.63, 3.8) is 0 Å². The molecule has 1 unspecified atom stereocenters. The molecule has 1 saturated carbocycles. The van der Waals surface area contributed by atoms with Crippen LogP contribution in [0.3, 0.4) is 0 Å². The van der Waals surface area contributed by atoms with E-state index >= 15 is 0 Å². The SMILES string of the molecule is CCN(CC)C(=O)[C@@H](C)C1CC[C@@]2(C)Cc3sc(COC(=O)C(C)(C)C)nc3[C@@H](C)[C@@H]2[C@H]1O. The fourth-order valence-electron chi connectivity index (χ4n) is 6.01. The zero-order valence-electron chi connectivity index (χ0n) is 21.6. The number of hydrogen-bond acceptors (Lipinski definition) is 6. The van der Waals surface area contributed by atoms with Crippen molar-refractivity contribution in [2.24, 2.45) is 28.6 Å². The van der Waals surface area contributed by atoms with E-state index in [1.54, 1.807) is 11.3 Å². The Bertz CT molecular complexity index is 872. The first-order chi connectivity index (χ1) is 15.3. The summed E-state index contributed by atoms with van der Waals surface area (Å²) in [6.07, 6.45) is 2.19. The number of nitrogens with zero attached hydrogens (tertiary/aromatic N) is 2. The lowest BCUT2D eigenvalue weighted by molar-refractivity contribution is -0.154. The highest BCUT2D eigenvalue weighted by Gasteiger charge is 2.54. The van der Waals surface area contributed by atoms with Gasteiger partial charge in [-0.2, -0.15) is 0 Å². The number of aromatic nitrogens is 1. The van der Waals surface area contributed by atoms with Crippen molar-refractivity contribution in [2.75, 3.05) is 13.1 Å². The lowest BCUT2D eigenvalue weighted by atomic mass is 9.53. The predicted molar refractivity (Wildman–Crippen MR) is 131 cm³/mol. The lowest BCUT2D eigenvalue weighted by Crippen LogP contribution is -2.53. The van der Waals surface area contributed by atoms with E-state index in [9.17, 15) is 14.7 Å². The van der Waals surface area contributed by atoms with Crippen molar-refractivity contribution in [1.29, 1.82) is 0 Å². The molecule has 1 heterocycles. The minimum absolute atomic E-state index is 0.0216. The molecule has 7 heteroatoms. The Morgan fingerprint density at radius 1 is 1.30 bits per heavy atom. The summed E-state index contributed by atoms with van der Waals surface area (Å²) in [5.41, 5.74) is 0.476. The number of carbonyl (C=O) groups is 2. The smallest absolute Gasteiger partial charge is 0.311 e. The third-order valence-corrected chi connectivity index (χ3v) is 9.06. The molecule has 1 amide bonds. The Kier molecular flexibility index (Phi) is 7.64. The zero-order chi connectivity index (χ0) is 24.7. The van der Waals surface area contributed by atoms with Crippen LogP contribution in [0.4, 0.5) is 0 Å². The van der Waals surface area contributed by atoms with Crippen molar-refractivity contribution >= 4 is 23.2 Å². The van der Waals surface area contributed by atoms with Gasteiger partial charge in [-0.1, -0.05) is 20.8 Å². The van der Waals surface area contributed by atoms with Crippen molar-refractivity contribution in [3.05, 3.63) is 15.6 Å². The van der Waals surface area contributed by atoms with Crippen molar-refractivity contribution in [1.82, 2.24) is 9.88 Å². The molecule has 0 saturated heterocycles. The molecule has 0 aromatic carbocycles. The van der Waals surface area contributed by atoms with Gasteiger partial charge in [-0.15, -0.1) is 11.3 Å². The summed E-state index contributed by atoms with van der Waals surface area (Å²) in [5, 5.41) is 12.4. The summed E-state index contributed by atoms with van der Waals surface area (Å²) >= 11 is 1.64. The van der Waals surface area contributed by atoms with E-state index in [-0.39, 0.29) is 47.6 Å². The molecule has 186 valence electrons. The van der Waals surface area contributed by atoms with Gasteiger partial charge in [-0.05, 0) is 71.1 Å². The first-order valence-electron chi connectivity index (χ1n) is 12.5. The third-order valence-electron chi connectivity index (χ3n) is 8.01. The Labute approximate surface area is 203 Å². The molecular weight excluding hydrogens is 436 g/mol. The summed E-state index contributed by atoms with van der Waals surface area (Å²) in [5.74, 6) is -0.159. The van der Waals surface area contributed by atoms with Crippen LogP contribution in [-0.4, -0.2) is 46.1 Å². The van der Waals surface area contributed by atoms with Crippen LogP contribution in [0.15, 0.2) is 0 Å². The Balaban J connectivity index is 1.80. The number of hydrogen-bond donors (Lipinski definition) is 1. The maximum atomic E-state index is 13.0. The molecular formula is C26H42N2O4S. The van der Waals surface area contributed by atoms with E-state index in [1.165, 1.54) is 4.88 Å². The number of amides is 1. The van der Waals surface area contributed by atoms with Crippen LogP contribution in [-0.2, 0) is 27.4 Å². The molecule has 1 N–H and O–H groups in total. The summed E-state index contributed by atoms with van der Waals surface area (Å²) in [7, 11) is 0. The second-order valence-corrected chi connectivity index (χ2v) is 12.5. The van der Waals surface area contributed by atoms with Gasteiger partial charge in [0.05, 0.1) is 17.2 Å². The van der Waals surface area contributed by atoms with Crippen LogP contribution in [0, 0.1) is 28.6 Å². The molecule has 2 aliphatic carbocycles. The van der Waals surface area contributed by atoms with E-state index in [1.807, 2.05) is 46.4 Å². The molecule has 0 radical (unpaired) electrons. The van der Waals surface area contributed by atoms with Gasteiger partial charge in [0.15, 0.2) is 0 Å². The van der Waals surface area contributed by atoms with Gasteiger partial charge in [0.2, 0.25) is 5.91 Å². The van der Waals surface area contributed by atoms with Crippen LogP contribution >= 0.6 is 11.3 Å². The molecule has 0 aliphatic heterocycles. The first-order valence-corrected chi connectivity index (χ1v) is 13.3. The van der Waals surface area contributed by atoms with Gasteiger partial charge in [0.1, 0.15) is 11.6 Å². The van der Waals surface area contributed by atoms with Crippen LogP contribution in [0.25, 0.3) is 0 Å². The molecule has 1 aromatic heterocycles. The maximum Gasteiger partial charge on any atom is 0.311 e. The monoisotopic (exact) mass is 478 g/mol. The van der Waals surface area contributed by atoms with Gasteiger partial charge in [0, 0.05) is 29.8 Å². The number of rotatable bonds is 6. The highest BCUT2D eigenvalue weighted by molar-refractivity contribution is 7.11. The van der Waals surface area contributed by atoms with E-state index < -0.39 is 11.5 Å². The van der Waals surface area contributed by atoms with Gasteiger partial charge in [0.25, 0.3) is 0 Å². The molecule has 3 rings (SSSR count). The fraction of sp³-hybridized carbons (Fsp3) is 0.808. The standard InChI is InChI=1S/C26H42N2O4S/c1-9-28(10-2)23(30)15(3)17-11-12-26(8)13-18-21(16(4)20(26)22(17)29)27-19(33-18)14-32-24(31)25(5,6)7/h15-17,20,22,29H,9-14H2,1-8H3/t15-,16-,17?,20+,22-,26-/m0/s1. The van der Waals surface area contributed by atoms with Gasteiger partial charge in [-0.25, -0.2) is 4.98 Å². The average molecular weight is 479 g/mol. The topological polar surface area (TPSA) is 79.7 Å². The molecule has 0 spiro atoms. The molecule has 1 aromatic rings. The highest BCUT2D eigenvalue weighted by atomic mass is 32.1. The minimum Gasteiger partial charge on any atom is -0.458 e. The van der Waals surface area contributed by atoms with Gasteiger partial charge >= 0.3 is 5.97 Å². The Morgan fingerprint density at radius 2 is 1.94 bits per heavy atom. The molecule has 2 aliphatic rings. The van der Waals surface area contributed by atoms with Crippen molar-refractivity contribution in [2.45, 2.75) is 93.3 Å². The van der Waals surface area contributed by atoms with Crippen LogP contribution in [0.2, 0.25) is 0 Å². The average Bonchev–Trinajstić information content (AvgIpc) is 3.14. The number of aliphatic hydroxyl groups excluding tert-OH is 1. The van der Waals surface area contributed by atoms with E-state index in [2.05, 4.69) is 13.8 Å².